The lowest BCUT2D eigenvalue weighted by Crippen LogP contribution is -2.32. The number of nitrogens with zero attached hydrogens (tertiary/aromatic N) is 3. The molecule has 172 valence electrons. The first-order valence-corrected chi connectivity index (χ1v) is 11.4. The molecule has 2 aromatic rings. The van der Waals surface area contributed by atoms with Crippen molar-refractivity contribution >= 4 is 39.7 Å². The highest BCUT2D eigenvalue weighted by Crippen LogP contribution is 2.30. The van der Waals surface area contributed by atoms with Crippen molar-refractivity contribution in [1.82, 2.24) is 14.6 Å². The van der Waals surface area contributed by atoms with Crippen LogP contribution in [0, 0.1) is 0 Å². The molecule has 0 radical (unpaired) electrons. The molecule has 0 saturated carbocycles. The highest BCUT2D eigenvalue weighted by molar-refractivity contribution is 6.01. The fourth-order valence-electron chi connectivity index (χ4n) is 4.38. The molecule has 2 aliphatic heterocycles. The number of amides is 2. The summed E-state index contributed by atoms with van der Waals surface area (Å²) < 4.78 is 8.54. The van der Waals surface area contributed by atoms with E-state index in [4.69, 9.17) is 14.2 Å². The maximum absolute atomic E-state index is 12.3. The van der Waals surface area contributed by atoms with E-state index in [-0.39, 0.29) is 19.3 Å². The van der Waals surface area contributed by atoms with Gasteiger partial charge in [-0.25, -0.2) is 14.4 Å². The van der Waals surface area contributed by atoms with E-state index >= 15 is 0 Å². The van der Waals surface area contributed by atoms with Gasteiger partial charge in [-0.2, -0.15) is 0 Å². The van der Waals surface area contributed by atoms with E-state index in [9.17, 15) is 14.4 Å². The number of hydrogen-bond acceptors (Lipinski definition) is 6. The first-order valence-electron chi connectivity index (χ1n) is 11.4. The number of aromatic nitrogens is 1. The Bertz CT molecular complexity index is 1480. The molecule has 8 nitrogen and oxygen atoms in total. The quantitative estimate of drug-likeness (QED) is 0.198. The zero-order valence-electron chi connectivity index (χ0n) is 19.0. The maximum Gasteiger partial charge on any atom is 0.337 e. The lowest BCUT2D eigenvalue weighted by atomic mass is 10.0. The summed E-state index contributed by atoms with van der Waals surface area (Å²) in [7, 11) is 0. The van der Waals surface area contributed by atoms with E-state index in [1.54, 1.807) is 18.2 Å². The van der Waals surface area contributed by atoms with Crippen molar-refractivity contribution in [2.75, 3.05) is 13.1 Å². The summed E-state index contributed by atoms with van der Waals surface area (Å²) in [5, 5.41) is 3.77. The molecule has 0 aromatic heterocycles. The Labute approximate surface area is 195 Å². The number of hydrogen-bond donors (Lipinski definition) is 0. The average molecular weight is 458 g/mol. The Morgan fingerprint density at radius 2 is 1.74 bits per heavy atom. The van der Waals surface area contributed by atoms with Gasteiger partial charge in [0, 0.05) is 18.2 Å². The van der Waals surface area contributed by atoms with Crippen molar-refractivity contribution in [3.63, 3.8) is 0 Å². The molecule has 2 heterocycles. The second-order valence-corrected chi connectivity index (χ2v) is 8.20. The highest BCUT2D eigenvalue weighted by Gasteiger charge is 2.32. The lowest BCUT2D eigenvalue weighted by molar-refractivity contribution is -0.197. The number of fused-ring (bicyclic) bond motifs is 4. The third-order valence-electron chi connectivity index (χ3n) is 6.09. The van der Waals surface area contributed by atoms with Gasteiger partial charge in [0.15, 0.2) is 11.3 Å². The molecule has 0 atom stereocenters. The van der Waals surface area contributed by atoms with Gasteiger partial charge in [0.25, 0.3) is 11.8 Å². The molecule has 8 heteroatoms. The second kappa shape index (κ2) is 8.70. The van der Waals surface area contributed by atoms with Crippen molar-refractivity contribution < 1.29 is 23.6 Å². The average Bonchev–Trinajstić information content (AvgIpc) is 3.15. The van der Waals surface area contributed by atoms with Crippen molar-refractivity contribution in [2.24, 2.45) is 0 Å². The van der Waals surface area contributed by atoms with Crippen LogP contribution < -0.4 is 9.93 Å². The molecular weight excluding hydrogens is 434 g/mol. The van der Waals surface area contributed by atoms with Crippen molar-refractivity contribution in [3.8, 4) is 11.5 Å². The number of imide groups is 1. The largest absolute Gasteiger partial charge is 0.453 e. The zero-order valence-corrected chi connectivity index (χ0v) is 19.0. The summed E-state index contributed by atoms with van der Waals surface area (Å²) in [5.74, 6) is -1.04. The topological polar surface area (TPSA) is 92.7 Å². The summed E-state index contributed by atoms with van der Waals surface area (Å²) in [5.41, 5.74) is 2.60. The Morgan fingerprint density at radius 3 is 2.44 bits per heavy atom. The first-order chi connectivity index (χ1) is 16.5. The SMILES string of the molecule is CC[N+](CC)=c1cc2oc3cc(CC(=O)ON4C(=O)CCC4=O)ccc3nc-2c2ccccc12. The minimum Gasteiger partial charge on any atom is -0.453 e. The number of benzene rings is 3. The molecule has 5 rings (SSSR count). The third-order valence-corrected chi connectivity index (χ3v) is 6.09. The maximum atomic E-state index is 12.3. The minimum atomic E-state index is -0.688. The standard InChI is InChI=1S/C26H24N3O5/c1-3-28(4-2)20-15-22-26(18-8-6-5-7-17(18)20)27-19-10-9-16(13-21(19)33-22)14-25(32)34-29-23(30)11-12-24(29)31/h5-10,13,15H,3-4,11-12,14H2,1-2H3/q+1. The summed E-state index contributed by atoms with van der Waals surface area (Å²) >= 11 is 0. The van der Waals surface area contributed by atoms with E-state index in [2.05, 4.69) is 24.5 Å². The van der Waals surface area contributed by atoms with E-state index in [0.717, 1.165) is 34.9 Å². The molecule has 34 heavy (non-hydrogen) atoms. The Hall–Kier alpha value is -4.07. The number of carbonyl (C=O) groups is 3. The summed E-state index contributed by atoms with van der Waals surface area (Å²) in [6.45, 7) is 5.96. The van der Waals surface area contributed by atoms with Crippen LogP contribution in [-0.2, 0) is 25.6 Å². The molecule has 0 N–H and O–H groups in total. The molecule has 2 aromatic carbocycles. The molecule has 1 aliphatic carbocycles. The van der Waals surface area contributed by atoms with Crippen LogP contribution in [0.15, 0.2) is 52.9 Å². The predicted octanol–water partition coefficient (Wildman–Crippen LogP) is 3.05. The second-order valence-electron chi connectivity index (χ2n) is 8.20. The van der Waals surface area contributed by atoms with Crippen LogP contribution in [0.2, 0.25) is 0 Å². The van der Waals surface area contributed by atoms with Crippen LogP contribution in [-0.4, -0.2) is 40.9 Å². The molecule has 1 saturated heterocycles. The highest BCUT2D eigenvalue weighted by atomic mass is 16.7. The first kappa shape index (κ1) is 21.8. The van der Waals surface area contributed by atoms with Crippen LogP contribution in [0.1, 0.15) is 32.3 Å². The molecule has 2 amide bonds. The van der Waals surface area contributed by atoms with Gasteiger partial charge < -0.3 is 9.25 Å². The fourth-order valence-corrected chi connectivity index (χ4v) is 4.38. The molecule has 0 unspecified atom stereocenters. The predicted molar refractivity (Wildman–Crippen MR) is 125 cm³/mol. The molecular formula is C26H24N3O5+. The van der Waals surface area contributed by atoms with Gasteiger partial charge in [0.2, 0.25) is 5.36 Å². The van der Waals surface area contributed by atoms with Crippen LogP contribution in [0.25, 0.3) is 33.3 Å². The van der Waals surface area contributed by atoms with E-state index in [0.29, 0.717) is 27.5 Å². The monoisotopic (exact) mass is 458 g/mol. The molecule has 1 fully saturated rings. The van der Waals surface area contributed by atoms with Crippen molar-refractivity contribution in [1.29, 1.82) is 0 Å². The lowest BCUT2D eigenvalue weighted by Gasteiger charge is -2.13. The Kier molecular flexibility index (Phi) is 5.57. The Balaban J connectivity index is 1.56. The zero-order chi connectivity index (χ0) is 23.8. The molecule has 0 bridgehead atoms. The van der Waals surface area contributed by atoms with Crippen molar-refractivity contribution in [2.45, 2.75) is 33.1 Å². The van der Waals surface area contributed by atoms with Crippen molar-refractivity contribution in [3.05, 3.63) is 59.5 Å². The van der Waals surface area contributed by atoms with Gasteiger partial charge in [-0.15, -0.1) is 5.06 Å². The fraction of sp³-hybridized carbons (Fsp3) is 0.269. The third kappa shape index (κ3) is 3.81. The van der Waals surface area contributed by atoms with Gasteiger partial charge in [-0.3, -0.25) is 9.59 Å². The van der Waals surface area contributed by atoms with Gasteiger partial charge in [-0.05, 0) is 37.6 Å². The minimum absolute atomic E-state index is 0.0594. The van der Waals surface area contributed by atoms with Crippen LogP contribution in [0.5, 0.6) is 0 Å². The number of hydroxylamine groups is 2. The number of rotatable bonds is 5. The van der Waals surface area contributed by atoms with Crippen LogP contribution >= 0.6 is 0 Å². The van der Waals surface area contributed by atoms with Gasteiger partial charge in [0.05, 0.1) is 17.9 Å². The molecule has 0 spiro atoms. The number of carbonyl (C=O) groups excluding carboxylic acids is 3. The van der Waals surface area contributed by atoms with E-state index in [1.165, 1.54) is 0 Å². The van der Waals surface area contributed by atoms with Crippen LogP contribution in [0.4, 0.5) is 0 Å². The van der Waals surface area contributed by atoms with Gasteiger partial charge in [-0.1, -0.05) is 24.3 Å². The smallest absolute Gasteiger partial charge is 0.337 e. The summed E-state index contributed by atoms with van der Waals surface area (Å²) in [6.07, 6.45) is 0.0106. The van der Waals surface area contributed by atoms with E-state index < -0.39 is 17.8 Å². The summed E-state index contributed by atoms with van der Waals surface area (Å²) in [4.78, 5) is 45.5. The summed E-state index contributed by atoms with van der Waals surface area (Å²) in [6, 6.07) is 15.5. The Morgan fingerprint density at radius 1 is 1.03 bits per heavy atom. The molecule has 3 aliphatic rings. The normalized spacial score (nSPS) is 13.9. The van der Waals surface area contributed by atoms with Crippen LogP contribution in [0.3, 0.4) is 0 Å². The van der Waals surface area contributed by atoms with E-state index in [1.807, 2.05) is 24.3 Å². The van der Waals surface area contributed by atoms with Gasteiger partial charge in [0.1, 0.15) is 24.3 Å². The van der Waals surface area contributed by atoms with Gasteiger partial charge >= 0.3 is 5.97 Å².